The summed E-state index contributed by atoms with van der Waals surface area (Å²) in [5.74, 6) is 1.14. The van der Waals surface area contributed by atoms with Crippen LogP contribution >= 0.6 is 0 Å². The minimum absolute atomic E-state index is 0.0161. The largest absolute Gasteiger partial charge is 0.360 e. The third-order valence-electron chi connectivity index (χ3n) is 4.70. The molecule has 0 radical (unpaired) electrons. The van der Waals surface area contributed by atoms with Crippen LogP contribution in [0.25, 0.3) is 0 Å². The van der Waals surface area contributed by atoms with Gasteiger partial charge in [0.2, 0.25) is 0 Å². The summed E-state index contributed by atoms with van der Waals surface area (Å²) in [7, 11) is 0. The molecule has 24 heavy (non-hydrogen) atoms. The minimum atomic E-state index is 0.0161. The van der Waals surface area contributed by atoms with Crippen LogP contribution in [0.15, 0.2) is 59.3 Å². The van der Waals surface area contributed by atoms with Gasteiger partial charge in [-0.1, -0.05) is 53.7 Å². The normalized spacial score (nSPS) is 13.9. The average molecular weight is 317 g/mol. The van der Waals surface area contributed by atoms with Gasteiger partial charge in [0.25, 0.3) is 0 Å². The van der Waals surface area contributed by atoms with Crippen molar-refractivity contribution in [3.63, 3.8) is 0 Å². The number of hydrogen-bond acceptors (Lipinski definition) is 3. The molecule has 0 unspecified atom stereocenters. The molecule has 3 nitrogen and oxygen atoms in total. The molecule has 1 aliphatic rings. The summed E-state index contributed by atoms with van der Waals surface area (Å²) in [6.45, 7) is 2.10. The van der Waals surface area contributed by atoms with Crippen LogP contribution in [0.5, 0.6) is 0 Å². The van der Waals surface area contributed by atoms with E-state index >= 15 is 0 Å². The number of carbonyl (C=O) groups excluding carboxylic acids is 1. The lowest BCUT2D eigenvalue weighted by Gasteiger charge is -2.10. The maximum atomic E-state index is 13.1. The summed E-state index contributed by atoms with van der Waals surface area (Å²) in [5.41, 5.74) is 4.88. The van der Waals surface area contributed by atoms with Crippen molar-refractivity contribution < 1.29 is 9.32 Å². The Kier molecular flexibility index (Phi) is 3.77. The summed E-state index contributed by atoms with van der Waals surface area (Å²) in [5, 5.41) is 3.86. The van der Waals surface area contributed by atoms with E-state index in [1.54, 1.807) is 6.20 Å². The maximum absolute atomic E-state index is 13.1. The highest BCUT2D eigenvalue weighted by Gasteiger charge is 2.33. The Morgan fingerprint density at radius 3 is 2.50 bits per heavy atom. The molecule has 0 spiro atoms. The molecular formula is C21H19NO2. The summed E-state index contributed by atoms with van der Waals surface area (Å²) < 4.78 is 5.34. The van der Waals surface area contributed by atoms with Crippen LogP contribution in [0, 0.1) is 6.92 Å². The number of carbonyl (C=O) groups is 1. The zero-order valence-corrected chi connectivity index (χ0v) is 13.7. The molecule has 1 aliphatic carbocycles. The van der Waals surface area contributed by atoms with Crippen LogP contribution in [-0.2, 0) is 6.42 Å². The van der Waals surface area contributed by atoms with Gasteiger partial charge in [0, 0.05) is 11.5 Å². The van der Waals surface area contributed by atoms with Crippen LogP contribution in [0.2, 0.25) is 0 Å². The first-order valence-corrected chi connectivity index (χ1v) is 8.35. The van der Waals surface area contributed by atoms with E-state index in [0.717, 1.165) is 36.1 Å². The molecule has 0 amide bonds. The molecule has 120 valence electrons. The zero-order valence-electron chi connectivity index (χ0n) is 13.7. The van der Waals surface area contributed by atoms with Crippen molar-refractivity contribution in [1.29, 1.82) is 0 Å². The van der Waals surface area contributed by atoms with Crippen molar-refractivity contribution in [2.45, 2.75) is 32.1 Å². The highest BCUT2D eigenvalue weighted by atomic mass is 16.5. The fourth-order valence-corrected chi connectivity index (χ4v) is 3.11. The van der Waals surface area contributed by atoms with E-state index in [0.29, 0.717) is 11.5 Å². The number of benzene rings is 2. The number of aromatic nitrogens is 1. The van der Waals surface area contributed by atoms with Crippen LogP contribution in [0.1, 0.15) is 57.1 Å². The molecule has 1 fully saturated rings. The Labute approximate surface area is 141 Å². The molecule has 1 aromatic heterocycles. The second-order valence-electron chi connectivity index (χ2n) is 6.47. The lowest BCUT2D eigenvalue weighted by molar-refractivity contribution is 0.103. The summed E-state index contributed by atoms with van der Waals surface area (Å²) in [6.07, 6.45) is 4.49. The fourth-order valence-electron chi connectivity index (χ4n) is 3.11. The minimum Gasteiger partial charge on any atom is -0.360 e. The first-order valence-electron chi connectivity index (χ1n) is 8.35. The third-order valence-corrected chi connectivity index (χ3v) is 4.70. The van der Waals surface area contributed by atoms with E-state index in [-0.39, 0.29) is 5.78 Å². The molecule has 0 atom stereocenters. The van der Waals surface area contributed by atoms with Crippen molar-refractivity contribution in [3.8, 4) is 0 Å². The smallest absolute Gasteiger partial charge is 0.198 e. The molecule has 1 heterocycles. The number of rotatable bonds is 5. The quantitative estimate of drug-likeness (QED) is 0.642. The van der Waals surface area contributed by atoms with Crippen LogP contribution < -0.4 is 0 Å². The number of aryl methyl sites for hydroxylation is 1. The van der Waals surface area contributed by atoms with Crippen molar-refractivity contribution in [1.82, 2.24) is 5.16 Å². The number of nitrogens with zero attached hydrogens (tertiary/aromatic N) is 1. The van der Waals surface area contributed by atoms with Gasteiger partial charge < -0.3 is 4.52 Å². The van der Waals surface area contributed by atoms with E-state index in [1.165, 1.54) is 11.1 Å². The average Bonchev–Trinajstić information content (AvgIpc) is 3.33. The van der Waals surface area contributed by atoms with Gasteiger partial charge in [0.15, 0.2) is 11.5 Å². The highest BCUT2D eigenvalue weighted by molar-refractivity contribution is 6.10. The van der Waals surface area contributed by atoms with Crippen LogP contribution in [0.3, 0.4) is 0 Å². The van der Waals surface area contributed by atoms with Crippen LogP contribution in [0.4, 0.5) is 0 Å². The summed E-state index contributed by atoms with van der Waals surface area (Å²) in [4.78, 5) is 13.1. The van der Waals surface area contributed by atoms with Gasteiger partial charge in [0.05, 0.1) is 11.8 Å². The zero-order chi connectivity index (χ0) is 16.5. The summed E-state index contributed by atoms with van der Waals surface area (Å²) >= 11 is 0. The van der Waals surface area contributed by atoms with Gasteiger partial charge >= 0.3 is 0 Å². The van der Waals surface area contributed by atoms with Crippen molar-refractivity contribution in [2.24, 2.45) is 0 Å². The van der Waals surface area contributed by atoms with Crippen molar-refractivity contribution in [2.75, 3.05) is 0 Å². The van der Waals surface area contributed by atoms with E-state index in [4.69, 9.17) is 4.52 Å². The Morgan fingerprint density at radius 1 is 1.04 bits per heavy atom. The Balaban J connectivity index is 1.70. The lowest BCUT2D eigenvalue weighted by atomic mass is 9.93. The summed E-state index contributed by atoms with van der Waals surface area (Å²) in [6, 6.07) is 16.1. The third kappa shape index (κ3) is 2.78. The first kappa shape index (κ1) is 14.9. The number of hydrogen-bond donors (Lipinski definition) is 0. The van der Waals surface area contributed by atoms with Gasteiger partial charge in [-0.15, -0.1) is 0 Å². The fraction of sp³-hybridized carbons (Fsp3) is 0.238. The van der Waals surface area contributed by atoms with Crippen molar-refractivity contribution >= 4 is 5.78 Å². The van der Waals surface area contributed by atoms with E-state index in [2.05, 4.69) is 24.2 Å². The molecule has 3 aromatic rings. The predicted molar refractivity (Wildman–Crippen MR) is 92.3 cm³/mol. The highest BCUT2D eigenvalue weighted by Crippen LogP contribution is 2.42. The Morgan fingerprint density at radius 2 is 1.75 bits per heavy atom. The Bertz CT molecular complexity index is 890. The van der Waals surface area contributed by atoms with E-state index in [1.807, 2.05) is 36.4 Å². The molecule has 0 N–H and O–H groups in total. The van der Waals surface area contributed by atoms with E-state index < -0.39 is 0 Å². The van der Waals surface area contributed by atoms with E-state index in [9.17, 15) is 4.79 Å². The monoisotopic (exact) mass is 317 g/mol. The first-order chi connectivity index (χ1) is 11.7. The molecule has 0 aliphatic heterocycles. The molecule has 1 saturated carbocycles. The van der Waals surface area contributed by atoms with Crippen molar-refractivity contribution in [3.05, 3.63) is 88.3 Å². The van der Waals surface area contributed by atoms with Gasteiger partial charge in [0.1, 0.15) is 0 Å². The molecule has 3 heteroatoms. The SMILES string of the molecule is Cc1ccccc1Cc1ccccc1C(=O)c1cnoc1C1CC1. The topological polar surface area (TPSA) is 43.1 Å². The second-order valence-corrected chi connectivity index (χ2v) is 6.47. The van der Waals surface area contributed by atoms with Gasteiger partial charge in [-0.2, -0.15) is 0 Å². The van der Waals surface area contributed by atoms with Gasteiger partial charge in [-0.25, -0.2) is 0 Å². The predicted octanol–water partition coefficient (Wildman–Crippen LogP) is 4.68. The standard InChI is InChI=1S/C21H19NO2/c1-14-6-2-3-7-16(14)12-17-8-4-5-9-18(17)20(23)19-13-22-24-21(19)15-10-11-15/h2-9,13,15H,10-12H2,1H3. The maximum Gasteiger partial charge on any atom is 0.198 e. The number of ketones is 1. The van der Waals surface area contributed by atoms with Crippen LogP contribution in [-0.4, -0.2) is 10.9 Å². The molecule has 4 rings (SSSR count). The second kappa shape index (κ2) is 6.08. The Hall–Kier alpha value is -2.68. The lowest BCUT2D eigenvalue weighted by Crippen LogP contribution is -2.07. The molecule has 0 bridgehead atoms. The molecule has 2 aromatic carbocycles. The molecular weight excluding hydrogens is 298 g/mol. The van der Waals surface area contributed by atoms with Gasteiger partial charge in [-0.3, -0.25) is 4.79 Å². The molecule has 0 saturated heterocycles. The van der Waals surface area contributed by atoms with Gasteiger partial charge in [-0.05, 0) is 42.9 Å².